The van der Waals surface area contributed by atoms with Gasteiger partial charge in [-0.05, 0) is 25.0 Å². The zero-order valence-electron chi connectivity index (χ0n) is 9.95. The summed E-state index contributed by atoms with van der Waals surface area (Å²) in [5, 5.41) is 12.7. The number of pyridine rings is 1. The lowest BCUT2D eigenvalue weighted by Gasteiger charge is -2.35. The maximum Gasteiger partial charge on any atom is 0.214 e. The fourth-order valence-electron chi connectivity index (χ4n) is 2.48. The minimum absolute atomic E-state index is 0.0494. The van der Waals surface area contributed by atoms with Crippen LogP contribution in [0.15, 0.2) is 18.2 Å². The molecule has 1 fully saturated rings. The third kappa shape index (κ3) is 3.16. The summed E-state index contributed by atoms with van der Waals surface area (Å²) in [6, 6.07) is 4.71. The minimum atomic E-state index is -0.475. The second-order valence-corrected chi connectivity index (χ2v) is 4.92. The number of aromatic nitrogens is 1. The van der Waals surface area contributed by atoms with Crippen LogP contribution in [0.4, 0.5) is 10.2 Å². The zero-order chi connectivity index (χ0) is 12.1. The maximum atomic E-state index is 12.9. The molecule has 0 amide bonds. The fourth-order valence-corrected chi connectivity index (χ4v) is 2.48. The molecule has 0 saturated heterocycles. The Balaban J connectivity index is 1.95. The highest BCUT2D eigenvalue weighted by atomic mass is 19.1. The van der Waals surface area contributed by atoms with E-state index in [1.165, 1.54) is 25.3 Å². The second-order valence-electron chi connectivity index (χ2n) is 4.92. The molecule has 1 aliphatic carbocycles. The van der Waals surface area contributed by atoms with Gasteiger partial charge in [0.05, 0.1) is 6.61 Å². The van der Waals surface area contributed by atoms with Crippen molar-refractivity contribution >= 4 is 5.82 Å². The molecule has 1 aromatic heterocycles. The average Bonchev–Trinajstić information content (AvgIpc) is 2.38. The molecule has 0 atom stereocenters. The number of hydrogen-bond acceptors (Lipinski definition) is 3. The van der Waals surface area contributed by atoms with Crippen LogP contribution in [0.5, 0.6) is 0 Å². The second kappa shape index (κ2) is 5.45. The molecular weight excluding hydrogens is 219 g/mol. The molecule has 0 aliphatic heterocycles. The summed E-state index contributed by atoms with van der Waals surface area (Å²) in [6.07, 6.45) is 5.65. The number of hydrogen-bond donors (Lipinski definition) is 2. The Bertz CT molecular complexity index is 364. The molecule has 0 aromatic carbocycles. The van der Waals surface area contributed by atoms with Crippen molar-refractivity contribution in [1.29, 1.82) is 0 Å². The van der Waals surface area contributed by atoms with Crippen LogP contribution >= 0.6 is 0 Å². The molecule has 2 rings (SSSR count). The van der Waals surface area contributed by atoms with Crippen molar-refractivity contribution in [2.24, 2.45) is 5.41 Å². The van der Waals surface area contributed by atoms with Gasteiger partial charge in [0.15, 0.2) is 0 Å². The highest BCUT2D eigenvalue weighted by Crippen LogP contribution is 2.35. The van der Waals surface area contributed by atoms with E-state index >= 15 is 0 Å². The number of rotatable bonds is 4. The standard InChI is InChI=1S/C13H19FN2O/c14-11-5-4-6-12(16-11)15-9-13(10-17)7-2-1-3-8-13/h4-6,17H,1-3,7-10H2,(H,15,16). The topological polar surface area (TPSA) is 45.1 Å². The summed E-state index contributed by atoms with van der Waals surface area (Å²) in [5.74, 6) is 0.0695. The number of aliphatic hydroxyl groups excluding tert-OH is 1. The number of aliphatic hydroxyl groups is 1. The first kappa shape index (κ1) is 12.3. The van der Waals surface area contributed by atoms with Crippen LogP contribution in [0.2, 0.25) is 0 Å². The van der Waals surface area contributed by atoms with Crippen LogP contribution in [-0.2, 0) is 0 Å². The van der Waals surface area contributed by atoms with Gasteiger partial charge >= 0.3 is 0 Å². The monoisotopic (exact) mass is 238 g/mol. The van der Waals surface area contributed by atoms with Gasteiger partial charge in [-0.25, -0.2) is 4.98 Å². The molecule has 0 unspecified atom stereocenters. The molecule has 94 valence electrons. The van der Waals surface area contributed by atoms with Crippen LogP contribution in [0.1, 0.15) is 32.1 Å². The Morgan fingerprint density at radius 3 is 2.71 bits per heavy atom. The Labute approximate surface area is 101 Å². The van der Waals surface area contributed by atoms with Crippen LogP contribution in [-0.4, -0.2) is 23.2 Å². The lowest BCUT2D eigenvalue weighted by Crippen LogP contribution is -2.35. The lowest BCUT2D eigenvalue weighted by molar-refractivity contribution is 0.0943. The van der Waals surface area contributed by atoms with Gasteiger partial charge in [0.25, 0.3) is 0 Å². The van der Waals surface area contributed by atoms with Gasteiger partial charge in [0, 0.05) is 12.0 Å². The molecule has 3 nitrogen and oxygen atoms in total. The Hall–Kier alpha value is -1.16. The molecule has 1 saturated carbocycles. The Kier molecular flexibility index (Phi) is 3.94. The quantitative estimate of drug-likeness (QED) is 0.792. The number of anilines is 1. The van der Waals surface area contributed by atoms with Crippen LogP contribution in [0, 0.1) is 11.4 Å². The summed E-state index contributed by atoms with van der Waals surface area (Å²) in [4.78, 5) is 3.76. The largest absolute Gasteiger partial charge is 0.396 e. The van der Waals surface area contributed by atoms with Crippen molar-refractivity contribution in [3.8, 4) is 0 Å². The molecular formula is C13H19FN2O. The van der Waals surface area contributed by atoms with Crippen LogP contribution < -0.4 is 5.32 Å². The van der Waals surface area contributed by atoms with Gasteiger partial charge in [-0.3, -0.25) is 0 Å². The third-order valence-electron chi connectivity index (χ3n) is 3.61. The number of nitrogens with zero attached hydrogens (tertiary/aromatic N) is 1. The van der Waals surface area contributed by atoms with Gasteiger partial charge in [-0.1, -0.05) is 25.3 Å². The molecule has 1 aromatic rings. The van der Waals surface area contributed by atoms with E-state index in [1.54, 1.807) is 12.1 Å². The number of nitrogens with one attached hydrogen (secondary N) is 1. The molecule has 4 heteroatoms. The van der Waals surface area contributed by atoms with E-state index in [1.807, 2.05) is 0 Å². The van der Waals surface area contributed by atoms with Crippen LogP contribution in [0.3, 0.4) is 0 Å². The highest BCUT2D eigenvalue weighted by Gasteiger charge is 2.31. The Morgan fingerprint density at radius 1 is 1.29 bits per heavy atom. The van der Waals surface area contributed by atoms with Crippen LogP contribution in [0.25, 0.3) is 0 Å². The van der Waals surface area contributed by atoms with Gasteiger partial charge in [0.2, 0.25) is 5.95 Å². The van der Waals surface area contributed by atoms with Gasteiger partial charge in [0.1, 0.15) is 5.82 Å². The molecule has 2 N–H and O–H groups in total. The van der Waals surface area contributed by atoms with Gasteiger partial charge in [-0.15, -0.1) is 0 Å². The van der Waals surface area contributed by atoms with Crippen molar-refractivity contribution in [2.45, 2.75) is 32.1 Å². The predicted octanol–water partition coefficient (Wildman–Crippen LogP) is 2.58. The lowest BCUT2D eigenvalue weighted by atomic mass is 9.74. The van der Waals surface area contributed by atoms with E-state index in [2.05, 4.69) is 10.3 Å². The maximum absolute atomic E-state index is 12.9. The fraction of sp³-hybridized carbons (Fsp3) is 0.615. The number of halogens is 1. The van der Waals surface area contributed by atoms with Gasteiger partial charge in [-0.2, -0.15) is 4.39 Å². The van der Waals surface area contributed by atoms with Crippen molar-refractivity contribution in [1.82, 2.24) is 4.98 Å². The van der Waals surface area contributed by atoms with E-state index in [4.69, 9.17) is 0 Å². The van der Waals surface area contributed by atoms with E-state index in [0.29, 0.717) is 12.4 Å². The summed E-state index contributed by atoms with van der Waals surface area (Å²) < 4.78 is 12.9. The molecule has 1 heterocycles. The first-order valence-corrected chi connectivity index (χ1v) is 6.21. The van der Waals surface area contributed by atoms with Crippen molar-refractivity contribution in [3.05, 3.63) is 24.1 Å². The minimum Gasteiger partial charge on any atom is -0.396 e. The normalized spacial score (nSPS) is 18.9. The van der Waals surface area contributed by atoms with Crippen molar-refractivity contribution < 1.29 is 9.50 Å². The van der Waals surface area contributed by atoms with E-state index < -0.39 is 5.95 Å². The predicted molar refractivity (Wildman–Crippen MR) is 65.3 cm³/mol. The third-order valence-corrected chi connectivity index (χ3v) is 3.61. The average molecular weight is 238 g/mol. The van der Waals surface area contributed by atoms with Gasteiger partial charge < -0.3 is 10.4 Å². The molecule has 0 radical (unpaired) electrons. The van der Waals surface area contributed by atoms with Crippen molar-refractivity contribution in [2.75, 3.05) is 18.5 Å². The first-order chi connectivity index (χ1) is 8.24. The smallest absolute Gasteiger partial charge is 0.214 e. The van der Waals surface area contributed by atoms with Crippen molar-refractivity contribution in [3.63, 3.8) is 0 Å². The zero-order valence-corrected chi connectivity index (χ0v) is 9.95. The Morgan fingerprint density at radius 2 is 2.06 bits per heavy atom. The SMILES string of the molecule is OCC1(CNc2cccc(F)n2)CCCCC1. The van der Waals surface area contributed by atoms with E-state index in [-0.39, 0.29) is 12.0 Å². The van der Waals surface area contributed by atoms with E-state index in [9.17, 15) is 9.50 Å². The molecule has 1 aliphatic rings. The summed E-state index contributed by atoms with van der Waals surface area (Å²) in [5.41, 5.74) is -0.0494. The first-order valence-electron chi connectivity index (χ1n) is 6.21. The van der Waals surface area contributed by atoms with E-state index in [0.717, 1.165) is 12.8 Å². The molecule has 0 spiro atoms. The summed E-state index contributed by atoms with van der Waals surface area (Å²) in [7, 11) is 0. The molecule has 17 heavy (non-hydrogen) atoms. The summed E-state index contributed by atoms with van der Waals surface area (Å²) in [6.45, 7) is 0.856. The summed E-state index contributed by atoms with van der Waals surface area (Å²) >= 11 is 0. The highest BCUT2D eigenvalue weighted by molar-refractivity contribution is 5.33. The molecule has 0 bridgehead atoms.